The van der Waals surface area contributed by atoms with E-state index in [1.54, 1.807) is 9.82 Å². The van der Waals surface area contributed by atoms with Gasteiger partial charge in [0.05, 0.1) is 0 Å². The van der Waals surface area contributed by atoms with Gasteiger partial charge in [-0.1, -0.05) is 0 Å². The van der Waals surface area contributed by atoms with Gasteiger partial charge in [-0.3, -0.25) is 0 Å². The van der Waals surface area contributed by atoms with E-state index >= 15 is 0 Å². The van der Waals surface area contributed by atoms with Gasteiger partial charge >= 0.3 is 231 Å². The molecule has 4 aromatic rings. The molecule has 0 aliphatic heterocycles. The van der Waals surface area contributed by atoms with E-state index in [-0.39, 0.29) is 24.8 Å². The van der Waals surface area contributed by atoms with Crippen molar-refractivity contribution >= 4 is 49.6 Å². The second-order valence-corrected chi connectivity index (χ2v) is 33.5. The number of anilines is 2. The minimum atomic E-state index is -4.37. The smallest absolute Gasteiger partial charge is 0.147 e. The maximum atomic E-state index is 2.49. The summed E-state index contributed by atoms with van der Waals surface area (Å²) in [5, 5.41) is 0. The number of hydrogen-bond donors (Lipinski definition) is 0. The molecule has 4 aromatic carbocycles. The Bertz CT molecular complexity index is 1560. The second-order valence-electron chi connectivity index (χ2n) is 11.4. The van der Waals surface area contributed by atoms with Gasteiger partial charge in [-0.15, -0.1) is 24.8 Å². The van der Waals surface area contributed by atoms with E-state index < -0.39 is 17.4 Å². The third kappa shape index (κ3) is 4.40. The van der Waals surface area contributed by atoms with Crippen LogP contribution in [0.3, 0.4) is 0 Å². The topological polar surface area (TPSA) is 6.48 Å². The first-order valence-corrected chi connectivity index (χ1v) is 24.5. The predicted octanol–water partition coefficient (Wildman–Crippen LogP) is 6.46. The normalized spacial score (nSPS) is 14.0. The summed E-state index contributed by atoms with van der Waals surface area (Å²) in [5.41, 5.74) is 8.30. The van der Waals surface area contributed by atoms with Crippen LogP contribution in [-0.2, 0) is 17.4 Å². The van der Waals surface area contributed by atoms with E-state index in [4.69, 9.17) is 0 Å². The summed E-state index contributed by atoms with van der Waals surface area (Å²) in [6, 6.07) is 37.4. The Labute approximate surface area is 254 Å². The predicted molar refractivity (Wildman–Crippen MR) is 179 cm³/mol. The third-order valence-electron chi connectivity index (χ3n) is 9.02. The molecule has 0 spiro atoms. The van der Waals surface area contributed by atoms with Gasteiger partial charge in [0.2, 0.25) is 0 Å². The fourth-order valence-electron chi connectivity index (χ4n) is 7.04. The first kappa shape index (κ1) is 30.6. The third-order valence-corrected chi connectivity index (χ3v) is 36.3. The van der Waals surface area contributed by atoms with Crippen LogP contribution in [0.4, 0.5) is 11.4 Å². The number of nitrogens with zero attached hydrogens (tertiary/aromatic N) is 2. The molecule has 2 aliphatic rings. The van der Waals surface area contributed by atoms with Crippen LogP contribution >= 0.6 is 24.8 Å². The van der Waals surface area contributed by atoms with Crippen LogP contribution in [-0.4, -0.2) is 35.1 Å². The van der Waals surface area contributed by atoms with Crippen molar-refractivity contribution < 1.29 is 17.4 Å². The fourth-order valence-corrected chi connectivity index (χ4v) is 31.0. The average Bonchev–Trinajstić information content (AvgIpc) is 3.61. The quantitative estimate of drug-likeness (QED) is 0.218. The van der Waals surface area contributed by atoms with Crippen LogP contribution in [0.1, 0.15) is 21.2 Å². The standard InChI is InChI=1S/C17H19N2.2C6H5.C5H5.2ClH.H2Si.Zr/c1-18(2)14-5-7-16-12(10-14)9-13-11-15(19(3)4)6-8-17(13)16;2*1-2-4-6-5-3-1;1-2-4-5-3-1;;;;/h5-11H,1-4H3;2*1-5H;1-3H,4H2;2*1H;1H2;. The first-order valence-electron chi connectivity index (χ1n) is 13.5. The van der Waals surface area contributed by atoms with Crippen molar-refractivity contribution in [3.8, 4) is 11.1 Å². The van der Waals surface area contributed by atoms with E-state index in [0.29, 0.717) is 3.63 Å². The molecule has 0 saturated carbocycles. The summed E-state index contributed by atoms with van der Waals surface area (Å²) in [4.78, 5) is 4.49. The summed E-state index contributed by atoms with van der Waals surface area (Å²) in [7, 11) is 8.61. The van der Waals surface area contributed by atoms with Crippen molar-refractivity contribution in [2.24, 2.45) is 0 Å². The van der Waals surface area contributed by atoms with Crippen LogP contribution in [0.5, 0.6) is 0 Å². The van der Waals surface area contributed by atoms with E-state index in [9.17, 15) is 0 Å². The molecule has 6 heteroatoms. The zero-order valence-electron chi connectivity index (χ0n) is 23.7. The van der Waals surface area contributed by atoms with Crippen molar-refractivity contribution in [1.82, 2.24) is 0 Å². The van der Waals surface area contributed by atoms with Gasteiger partial charge in [-0.2, -0.15) is 0 Å². The van der Waals surface area contributed by atoms with Crippen LogP contribution in [0.25, 0.3) is 11.1 Å². The molecule has 0 fully saturated rings. The fraction of sp³-hybridized carbons (Fsp3) is 0.176. The molecule has 2 aliphatic carbocycles. The summed E-state index contributed by atoms with van der Waals surface area (Å²) in [5.74, 6) is 0. The van der Waals surface area contributed by atoms with Gasteiger partial charge < -0.3 is 0 Å². The van der Waals surface area contributed by atoms with Gasteiger partial charge in [0, 0.05) is 0 Å². The molecule has 0 N–H and O–H groups in total. The van der Waals surface area contributed by atoms with E-state index in [2.05, 4.69) is 160 Å². The number of benzene rings is 4. The van der Waals surface area contributed by atoms with Crippen LogP contribution in [0, 0.1) is 0 Å². The van der Waals surface area contributed by atoms with Gasteiger partial charge in [0.1, 0.15) is 0 Å². The minimum absolute atomic E-state index is 0. The van der Waals surface area contributed by atoms with Crippen molar-refractivity contribution in [2.75, 3.05) is 38.0 Å². The number of rotatable bonds is 6. The van der Waals surface area contributed by atoms with Gasteiger partial charge in [-0.25, -0.2) is 0 Å². The number of halogens is 2. The molecule has 0 bridgehead atoms. The summed E-state index contributed by atoms with van der Waals surface area (Å²) < 4.78 is 5.04. The van der Waals surface area contributed by atoms with Gasteiger partial charge in [0.25, 0.3) is 0 Å². The first-order chi connectivity index (χ1) is 18.3. The zero-order valence-corrected chi connectivity index (χ0v) is 29.2. The van der Waals surface area contributed by atoms with E-state index in [1.807, 2.05) is 0 Å². The molecule has 0 unspecified atom stereocenters. The SMILES string of the molecule is CN(C)c1ccc2c(c1)[CH]([Zr](=[SiH2])([C]1=CC=CC1)([c]1ccccc1)[c]1ccccc1)c1cc(N(C)C)ccc1-2.Cl.Cl. The van der Waals surface area contributed by atoms with E-state index in [1.165, 1.54) is 33.6 Å². The Hall–Kier alpha value is -2.36. The molecular formula is C34H38Cl2N2SiZr. The molecule has 0 heterocycles. The van der Waals surface area contributed by atoms with Gasteiger partial charge in [0.15, 0.2) is 0 Å². The summed E-state index contributed by atoms with van der Waals surface area (Å²) in [6.45, 7) is 2.40. The maximum absolute atomic E-state index is 4.37. The van der Waals surface area contributed by atoms with Crippen molar-refractivity contribution in [3.05, 3.63) is 130 Å². The molecule has 0 aromatic heterocycles. The zero-order chi connectivity index (χ0) is 26.5. The summed E-state index contributed by atoms with van der Waals surface area (Å²) >= 11 is -4.37. The Morgan fingerprint density at radius 2 is 1.10 bits per heavy atom. The monoisotopic (exact) mass is 662 g/mol. The Kier molecular flexibility index (Phi) is 8.79. The number of hydrogen-bond acceptors (Lipinski definition) is 2. The Balaban J connectivity index is 0.00000185. The Morgan fingerprint density at radius 3 is 1.48 bits per heavy atom. The molecule has 206 valence electrons. The largest absolute Gasteiger partial charge is 0.147 e. The van der Waals surface area contributed by atoms with Crippen molar-refractivity contribution in [3.63, 3.8) is 0 Å². The van der Waals surface area contributed by atoms with Crippen LogP contribution < -0.4 is 16.3 Å². The molecule has 40 heavy (non-hydrogen) atoms. The van der Waals surface area contributed by atoms with Crippen LogP contribution in [0.15, 0.2) is 119 Å². The Morgan fingerprint density at radius 1 is 0.650 bits per heavy atom. The molecule has 0 radical (unpaired) electrons. The minimum Gasteiger partial charge on any atom is -0.147 e. The van der Waals surface area contributed by atoms with Crippen LogP contribution in [0.2, 0.25) is 0 Å². The second kappa shape index (κ2) is 11.5. The number of allylic oxidation sites excluding steroid dienone is 4. The molecule has 0 amide bonds. The molecule has 6 rings (SSSR count). The molecular weight excluding hydrogens is 627 g/mol. The average molecular weight is 665 g/mol. The maximum Gasteiger partial charge on any atom is -0.147 e. The van der Waals surface area contributed by atoms with Gasteiger partial charge in [-0.05, 0) is 0 Å². The molecule has 0 atom stereocenters. The summed E-state index contributed by atoms with van der Waals surface area (Å²) in [6.07, 6.45) is 8.17. The molecule has 0 saturated heterocycles. The number of fused-ring (bicyclic) bond motifs is 3. The van der Waals surface area contributed by atoms with E-state index in [0.717, 1.165) is 6.42 Å². The molecule has 2 nitrogen and oxygen atoms in total. The van der Waals surface area contributed by atoms with Crippen molar-refractivity contribution in [2.45, 2.75) is 10.0 Å². The van der Waals surface area contributed by atoms with Crippen molar-refractivity contribution in [1.29, 1.82) is 0 Å².